The highest BCUT2D eigenvalue weighted by molar-refractivity contribution is 6.02. The third-order valence-electron chi connectivity index (χ3n) is 2.03. The molecule has 2 rings (SSSR count). The van der Waals surface area contributed by atoms with E-state index in [-0.39, 0.29) is 6.42 Å². The van der Waals surface area contributed by atoms with Crippen molar-refractivity contribution in [2.45, 2.75) is 27.2 Å². The molecule has 1 aliphatic heterocycles. The van der Waals surface area contributed by atoms with Crippen molar-refractivity contribution in [3.63, 3.8) is 0 Å². The van der Waals surface area contributed by atoms with Gasteiger partial charge in [0, 0.05) is 0 Å². The topological polar surface area (TPSA) is 43.4 Å². The van der Waals surface area contributed by atoms with Crippen molar-refractivity contribution in [3.8, 4) is 0 Å². The molecule has 0 aliphatic carbocycles. The van der Waals surface area contributed by atoms with Crippen LogP contribution in [0.15, 0.2) is 18.2 Å². The smallest absolute Gasteiger partial charge is 0.346 e. The first-order valence-corrected chi connectivity index (χ1v) is 5.01. The molecule has 0 fully saturated rings. The standard InChI is InChI=1S/C10H8O3.C2H6/c1-6-2-3-7-5-9(11)13-10(12)8(7)4-6;1-2/h2-4H,5H2,1H3;1-2H3. The van der Waals surface area contributed by atoms with Gasteiger partial charge in [-0.3, -0.25) is 4.79 Å². The number of fused-ring (bicyclic) bond motifs is 1. The molecule has 80 valence electrons. The van der Waals surface area contributed by atoms with Crippen LogP contribution >= 0.6 is 0 Å². The van der Waals surface area contributed by atoms with Crippen molar-refractivity contribution >= 4 is 11.9 Å². The van der Waals surface area contributed by atoms with Crippen LogP contribution in [0.3, 0.4) is 0 Å². The number of hydrogen-bond donors (Lipinski definition) is 0. The first-order valence-electron chi connectivity index (χ1n) is 5.01. The predicted octanol–water partition coefficient (Wildman–Crippen LogP) is 2.26. The monoisotopic (exact) mass is 206 g/mol. The summed E-state index contributed by atoms with van der Waals surface area (Å²) in [5, 5.41) is 0. The van der Waals surface area contributed by atoms with E-state index in [0.717, 1.165) is 11.1 Å². The average Bonchev–Trinajstić information content (AvgIpc) is 2.22. The average molecular weight is 206 g/mol. The Morgan fingerprint density at radius 1 is 1.20 bits per heavy atom. The molecule has 0 amide bonds. The fourth-order valence-electron chi connectivity index (χ4n) is 1.38. The second kappa shape index (κ2) is 4.73. The van der Waals surface area contributed by atoms with Crippen molar-refractivity contribution in [3.05, 3.63) is 34.9 Å². The lowest BCUT2D eigenvalue weighted by atomic mass is 10.0. The van der Waals surface area contributed by atoms with Crippen molar-refractivity contribution in [1.82, 2.24) is 0 Å². The summed E-state index contributed by atoms with van der Waals surface area (Å²) in [5.74, 6) is -1.00. The molecule has 0 bridgehead atoms. The minimum Gasteiger partial charge on any atom is -0.389 e. The Labute approximate surface area is 89.1 Å². The van der Waals surface area contributed by atoms with Crippen LogP contribution in [0, 0.1) is 6.92 Å². The van der Waals surface area contributed by atoms with Crippen molar-refractivity contribution < 1.29 is 14.3 Å². The zero-order valence-electron chi connectivity index (χ0n) is 9.16. The highest BCUT2D eigenvalue weighted by atomic mass is 16.6. The maximum absolute atomic E-state index is 11.2. The first kappa shape index (κ1) is 11.4. The Bertz CT molecular complexity index is 394. The summed E-state index contributed by atoms with van der Waals surface area (Å²) in [5.41, 5.74) is 2.26. The van der Waals surface area contributed by atoms with Crippen LogP contribution in [-0.2, 0) is 16.0 Å². The summed E-state index contributed by atoms with van der Waals surface area (Å²) < 4.78 is 4.49. The maximum Gasteiger partial charge on any atom is 0.346 e. The van der Waals surface area contributed by atoms with Crippen LogP contribution in [0.4, 0.5) is 0 Å². The Balaban J connectivity index is 0.000000531. The molecule has 1 aromatic carbocycles. The molecule has 0 atom stereocenters. The number of rotatable bonds is 0. The Morgan fingerprint density at radius 3 is 2.53 bits per heavy atom. The van der Waals surface area contributed by atoms with E-state index in [9.17, 15) is 9.59 Å². The molecule has 1 heterocycles. The first-order chi connectivity index (χ1) is 7.16. The molecule has 3 nitrogen and oxygen atoms in total. The molecule has 0 unspecified atom stereocenters. The van der Waals surface area contributed by atoms with Crippen LogP contribution in [0.2, 0.25) is 0 Å². The van der Waals surface area contributed by atoms with Crippen molar-refractivity contribution in [2.24, 2.45) is 0 Å². The summed E-state index contributed by atoms with van der Waals surface area (Å²) in [6, 6.07) is 5.41. The van der Waals surface area contributed by atoms with E-state index in [0.29, 0.717) is 5.56 Å². The summed E-state index contributed by atoms with van der Waals surface area (Å²) in [6.45, 7) is 5.89. The number of benzene rings is 1. The third-order valence-corrected chi connectivity index (χ3v) is 2.03. The molecule has 0 radical (unpaired) electrons. The van der Waals surface area contributed by atoms with E-state index in [2.05, 4.69) is 4.74 Å². The van der Waals surface area contributed by atoms with Gasteiger partial charge in [0.15, 0.2) is 0 Å². The Hall–Kier alpha value is -1.64. The van der Waals surface area contributed by atoms with Crippen LogP contribution < -0.4 is 0 Å². The Morgan fingerprint density at radius 2 is 1.87 bits per heavy atom. The maximum atomic E-state index is 11.2. The van der Waals surface area contributed by atoms with E-state index < -0.39 is 11.9 Å². The highest BCUT2D eigenvalue weighted by Crippen LogP contribution is 2.18. The number of aryl methyl sites for hydroxylation is 1. The quantitative estimate of drug-likeness (QED) is 0.483. The van der Waals surface area contributed by atoms with Gasteiger partial charge in [-0.15, -0.1) is 0 Å². The molecule has 0 saturated heterocycles. The lowest BCUT2D eigenvalue weighted by molar-refractivity contribution is -0.137. The summed E-state index contributed by atoms with van der Waals surface area (Å²) in [7, 11) is 0. The summed E-state index contributed by atoms with van der Waals surface area (Å²) >= 11 is 0. The van der Waals surface area contributed by atoms with Gasteiger partial charge >= 0.3 is 11.9 Å². The number of carbonyl (C=O) groups is 2. The number of esters is 2. The fraction of sp³-hybridized carbons (Fsp3) is 0.333. The molecule has 1 aromatic rings. The number of cyclic esters (lactones) is 2. The normalized spacial score (nSPS) is 13.5. The molecule has 15 heavy (non-hydrogen) atoms. The van der Waals surface area contributed by atoms with Crippen LogP contribution in [0.5, 0.6) is 0 Å². The lowest BCUT2D eigenvalue weighted by Gasteiger charge is -2.13. The van der Waals surface area contributed by atoms with Crippen LogP contribution in [0.25, 0.3) is 0 Å². The van der Waals surface area contributed by atoms with Crippen LogP contribution in [0.1, 0.15) is 35.3 Å². The molecule has 1 aliphatic rings. The van der Waals surface area contributed by atoms with Gasteiger partial charge in [0.25, 0.3) is 0 Å². The lowest BCUT2D eigenvalue weighted by Crippen LogP contribution is -2.22. The van der Waals surface area contributed by atoms with Gasteiger partial charge in [-0.25, -0.2) is 4.79 Å². The van der Waals surface area contributed by atoms with Gasteiger partial charge in [0.2, 0.25) is 0 Å². The van der Waals surface area contributed by atoms with Crippen molar-refractivity contribution in [1.29, 1.82) is 0 Å². The van der Waals surface area contributed by atoms with Gasteiger partial charge < -0.3 is 4.74 Å². The Kier molecular flexibility index (Phi) is 3.61. The largest absolute Gasteiger partial charge is 0.389 e. The molecule has 0 aromatic heterocycles. The van der Waals surface area contributed by atoms with Gasteiger partial charge in [0.1, 0.15) is 0 Å². The minimum atomic E-state index is -0.532. The number of ether oxygens (including phenoxy) is 1. The molecule has 0 N–H and O–H groups in total. The SMILES string of the molecule is CC.Cc1ccc2c(c1)C(=O)OC(=O)C2. The van der Waals surface area contributed by atoms with E-state index in [4.69, 9.17) is 0 Å². The molecule has 0 saturated carbocycles. The van der Waals surface area contributed by atoms with Gasteiger partial charge in [0.05, 0.1) is 12.0 Å². The van der Waals surface area contributed by atoms with Gasteiger partial charge in [-0.2, -0.15) is 0 Å². The molecule has 0 spiro atoms. The second-order valence-electron chi connectivity index (χ2n) is 3.10. The minimum absolute atomic E-state index is 0.196. The zero-order chi connectivity index (χ0) is 11.4. The highest BCUT2D eigenvalue weighted by Gasteiger charge is 2.24. The fourth-order valence-corrected chi connectivity index (χ4v) is 1.38. The van der Waals surface area contributed by atoms with E-state index in [1.165, 1.54) is 0 Å². The van der Waals surface area contributed by atoms with Gasteiger partial charge in [-0.05, 0) is 18.6 Å². The summed E-state index contributed by atoms with van der Waals surface area (Å²) in [6.07, 6.45) is 0.196. The zero-order valence-corrected chi connectivity index (χ0v) is 9.16. The molecule has 3 heteroatoms. The van der Waals surface area contributed by atoms with E-state index in [1.54, 1.807) is 12.1 Å². The van der Waals surface area contributed by atoms with E-state index >= 15 is 0 Å². The van der Waals surface area contributed by atoms with Crippen molar-refractivity contribution in [2.75, 3.05) is 0 Å². The second-order valence-corrected chi connectivity index (χ2v) is 3.10. The van der Waals surface area contributed by atoms with E-state index in [1.807, 2.05) is 26.8 Å². The number of hydrogen-bond acceptors (Lipinski definition) is 3. The molecular formula is C12H14O3. The predicted molar refractivity (Wildman–Crippen MR) is 56.7 cm³/mol. The summed E-state index contributed by atoms with van der Waals surface area (Å²) in [4.78, 5) is 22.1. The number of carbonyl (C=O) groups excluding carboxylic acids is 2. The van der Waals surface area contributed by atoms with Crippen LogP contribution in [-0.4, -0.2) is 11.9 Å². The van der Waals surface area contributed by atoms with Gasteiger partial charge in [-0.1, -0.05) is 31.5 Å². The molecular weight excluding hydrogens is 192 g/mol. The third kappa shape index (κ3) is 2.43.